The molecule has 1 aliphatic rings. The summed E-state index contributed by atoms with van der Waals surface area (Å²) in [5.74, 6) is 1.50. The standard InChI is InChI=1S/C22H21N5O2/c1-27(14-23)13-15-11-18(15)24-22(28)20-12-19(25-26-20)17-9-5-6-10-21(17)29-16-7-3-2-4-8-16/h2-10,12,15,18H,11,13H2,1H3,(H,24,28)(H,25,26)/t15-,18+/m1/s1. The van der Waals surface area contributed by atoms with E-state index in [2.05, 4.69) is 21.7 Å². The largest absolute Gasteiger partial charge is 0.457 e. The van der Waals surface area contributed by atoms with Crippen LogP contribution in [0.25, 0.3) is 11.3 Å². The van der Waals surface area contributed by atoms with Crippen molar-refractivity contribution in [3.63, 3.8) is 0 Å². The smallest absolute Gasteiger partial charge is 0.272 e. The van der Waals surface area contributed by atoms with E-state index in [1.165, 1.54) is 0 Å². The molecule has 2 atom stereocenters. The number of nitriles is 1. The second-order valence-corrected chi connectivity index (χ2v) is 7.13. The Labute approximate surface area is 168 Å². The molecule has 0 aliphatic heterocycles. The molecule has 3 aromatic rings. The topological polar surface area (TPSA) is 94.0 Å². The molecule has 7 heteroatoms. The average Bonchev–Trinajstić information content (AvgIpc) is 3.26. The average molecular weight is 387 g/mol. The summed E-state index contributed by atoms with van der Waals surface area (Å²) in [5.41, 5.74) is 1.86. The summed E-state index contributed by atoms with van der Waals surface area (Å²) in [7, 11) is 1.74. The second-order valence-electron chi connectivity index (χ2n) is 7.13. The Morgan fingerprint density at radius 1 is 1.28 bits per heavy atom. The Balaban J connectivity index is 1.45. The number of rotatable bonds is 7. The minimum absolute atomic E-state index is 0.0900. The molecule has 2 N–H and O–H groups in total. The Morgan fingerprint density at radius 3 is 2.83 bits per heavy atom. The number of aromatic amines is 1. The van der Waals surface area contributed by atoms with E-state index < -0.39 is 0 Å². The van der Waals surface area contributed by atoms with Crippen molar-refractivity contribution in [3.05, 3.63) is 66.4 Å². The maximum atomic E-state index is 12.5. The SMILES string of the molecule is CN(C#N)C[C@H]1C[C@@H]1NC(=O)c1cc(-c2ccccc2Oc2ccccc2)[nH]n1. The molecule has 0 bridgehead atoms. The molecule has 29 heavy (non-hydrogen) atoms. The van der Waals surface area contributed by atoms with E-state index >= 15 is 0 Å². The van der Waals surface area contributed by atoms with E-state index in [0.29, 0.717) is 29.6 Å². The zero-order chi connectivity index (χ0) is 20.2. The monoisotopic (exact) mass is 387 g/mol. The van der Waals surface area contributed by atoms with E-state index in [1.54, 1.807) is 18.0 Å². The molecule has 4 rings (SSSR count). The first-order valence-electron chi connectivity index (χ1n) is 9.43. The van der Waals surface area contributed by atoms with E-state index in [1.807, 2.05) is 54.6 Å². The van der Waals surface area contributed by atoms with Crippen LogP contribution in [0.3, 0.4) is 0 Å². The molecule has 0 saturated heterocycles. The van der Waals surface area contributed by atoms with Gasteiger partial charge in [0.05, 0.1) is 5.69 Å². The summed E-state index contributed by atoms with van der Waals surface area (Å²) >= 11 is 0. The lowest BCUT2D eigenvalue weighted by Crippen LogP contribution is -2.29. The lowest BCUT2D eigenvalue weighted by molar-refractivity contribution is 0.0943. The highest BCUT2D eigenvalue weighted by atomic mass is 16.5. The summed E-state index contributed by atoms with van der Waals surface area (Å²) in [6.07, 6.45) is 2.96. The molecule has 0 radical (unpaired) electrons. The molecule has 0 unspecified atom stereocenters. The Kier molecular flexibility index (Phi) is 5.16. The first-order chi connectivity index (χ1) is 14.1. The quantitative estimate of drug-likeness (QED) is 0.479. The fourth-order valence-electron chi connectivity index (χ4n) is 3.23. The molecule has 1 aromatic heterocycles. The van der Waals surface area contributed by atoms with Crippen LogP contribution in [0.4, 0.5) is 0 Å². The zero-order valence-corrected chi connectivity index (χ0v) is 16.0. The van der Waals surface area contributed by atoms with Gasteiger partial charge >= 0.3 is 0 Å². The van der Waals surface area contributed by atoms with Crippen LogP contribution in [0, 0.1) is 17.4 Å². The van der Waals surface area contributed by atoms with Gasteiger partial charge in [-0.15, -0.1) is 0 Å². The molecular weight excluding hydrogens is 366 g/mol. The van der Waals surface area contributed by atoms with Crippen LogP contribution in [0.1, 0.15) is 16.9 Å². The van der Waals surface area contributed by atoms with Crippen LogP contribution >= 0.6 is 0 Å². The van der Waals surface area contributed by atoms with Crippen LogP contribution < -0.4 is 10.1 Å². The Morgan fingerprint density at radius 2 is 2.03 bits per heavy atom. The molecule has 2 aromatic carbocycles. The third kappa shape index (κ3) is 4.38. The summed E-state index contributed by atoms with van der Waals surface area (Å²) in [4.78, 5) is 14.1. The molecule has 1 fully saturated rings. The van der Waals surface area contributed by atoms with Crippen molar-refractivity contribution in [2.24, 2.45) is 5.92 Å². The number of para-hydroxylation sites is 2. The van der Waals surface area contributed by atoms with E-state index in [4.69, 9.17) is 10.00 Å². The van der Waals surface area contributed by atoms with Crippen LogP contribution in [0.15, 0.2) is 60.7 Å². The van der Waals surface area contributed by atoms with E-state index in [9.17, 15) is 4.79 Å². The number of H-pyrrole nitrogens is 1. The lowest BCUT2D eigenvalue weighted by atomic mass is 10.1. The number of carbonyl (C=O) groups excluding carboxylic acids is 1. The highest BCUT2D eigenvalue weighted by Gasteiger charge is 2.39. The Hall–Kier alpha value is -3.79. The van der Waals surface area contributed by atoms with Gasteiger partial charge in [-0.3, -0.25) is 9.89 Å². The van der Waals surface area contributed by atoms with Crippen molar-refractivity contribution in [3.8, 4) is 28.9 Å². The minimum Gasteiger partial charge on any atom is -0.457 e. The predicted octanol–water partition coefficient (Wildman–Crippen LogP) is 3.40. The van der Waals surface area contributed by atoms with Gasteiger partial charge in [0.25, 0.3) is 5.91 Å². The van der Waals surface area contributed by atoms with Crippen LogP contribution in [0.2, 0.25) is 0 Å². The van der Waals surface area contributed by atoms with Gasteiger partial charge in [-0.05, 0) is 42.7 Å². The van der Waals surface area contributed by atoms with Gasteiger partial charge in [-0.2, -0.15) is 10.4 Å². The lowest BCUT2D eigenvalue weighted by Gasteiger charge is -2.09. The third-order valence-electron chi connectivity index (χ3n) is 4.88. The fourth-order valence-corrected chi connectivity index (χ4v) is 3.23. The molecule has 146 valence electrons. The highest BCUT2D eigenvalue weighted by molar-refractivity contribution is 5.94. The van der Waals surface area contributed by atoms with Gasteiger partial charge in [0, 0.05) is 25.2 Å². The third-order valence-corrected chi connectivity index (χ3v) is 4.88. The number of amides is 1. The number of carbonyl (C=O) groups is 1. The molecule has 1 saturated carbocycles. The summed E-state index contributed by atoms with van der Waals surface area (Å²) in [6.45, 7) is 0.650. The summed E-state index contributed by atoms with van der Waals surface area (Å²) < 4.78 is 5.99. The van der Waals surface area contributed by atoms with Crippen molar-refractivity contribution >= 4 is 5.91 Å². The van der Waals surface area contributed by atoms with Gasteiger partial charge in [0.2, 0.25) is 0 Å². The van der Waals surface area contributed by atoms with Crippen molar-refractivity contribution in [2.45, 2.75) is 12.5 Å². The summed E-state index contributed by atoms with van der Waals surface area (Å²) in [6, 6.07) is 19.0. The van der Waals surface area contributed by atoms with Crippen LogP contribution in [-0.2, 0) is 0 Å². The number of hydrogen-bond donors (Lipinski definition) is 2. The molecular formula is C22H21N5O2. The van der Waals surface area contributed by atoms with Crippen molar-refractivity contribution < 1.29 is 9.53 Å². The van der Waals surface area contributed by atoms with Gasteiger partial charge in [-0.1, -0.05) is 30.3 Å². The summed E-state index contributed by atoms with van der Waals surface area (Å²) in [5, 5.41) is 18.9. The molecule has 0 spiro atoms. The van der Waals surface area contributed by atoms with E-state index in [-0.39, 0.29) is 11.9 Å². The number of aromatic nitrogens is 2. The van der Waals surface area contributed by atoms with Gasteiger partial charge in [0.15, 0.2) is 11.9 Å². The number of nitrogens with one attached hydrogen (secondary N) is 2. The zero-order valence-electron chi connectivity index (χ0n) is 16.0. The molecule has 7 nitrogen and oxygen atoms in total. The van der Waals surface area contributed by atoms with Gasteiger partial charge < -0.3 is 15.0 Å². The predicted molar refractivity (Wildman–Crippen MR) is 108 cm³/mol. The number of hydrogen-bond acceptors (Lipinski definition) is 5. The number of benzene rings is 2. The van der Waals surface area contributed by atoms with Crippen molar-refractivity contribution in [1.29, 1.82) is 5.26 Å². The number of nitrogens with zero attached hydrogens (tertiary/aromatic N) is 3. The van der Waals surface area contributed by atoms with Gasteiger partial charge in [-0.25, -0.2) is 0 Å². The first kappa shape index (κ1) is 18.6. The maximum absolute atomic E-state index is 12.5. The Bertz CT molecular complexity index is 1040. The second kappa shape index (κ2) is 8.07. The normalized spacial score (nSPS) is 17.2. The maximum Gasteiger partial charge on any atom is 0.272 e. The molecule has 1 aliphatic carbocycles. The van der Waals surface area contributed by atoms with Crippen LogP contribution in [-0.4, -0.2) is 40.6 Å². The van der Waals surface area contributed by atoms with E-state index in [0.717, 1.165) is 17.7 Å². The fraction of sp³-hybridized carbons (Fsp3) is 0.227. The minimum atomic E-state index is -0.221. The van der Waals surface area contributed by atoms with Crippen molar-refractivity contribution in [2.75, 3.05) is 13.6 Å². The van der Waals surface area contributed by atoms with Crippen LogP contribution in [0.5, 0.6) is 11.5 Å². The highest BCUT2D eigenvalue weighted by Crippen LogP contribution is 2.33. The first-order valence-corrected chi connectivity index (χ1v) is 9.43. The van der Waals surface area contributed by atoms with Crippen molar-refractivity contribution in [1.82, 2.24) is 20.4 Å². The molecule has 1 heterocycles. The number of ether oxygens (including phenoxy) is 1. The van der Waals surface area contributed by atoms with Gasteiger partial charge in [0.1, 0.15) is 11.5 Å². The molecule has 1 amide bonds.